The Kier molecular flexibility index (Phi) is 5.62. The normalized spacial score (nSPS) is 18.9. The second kappa shape index (κ2) is 8.06. The fourth-order valence-corrected chi connectivity index (χ4v) is 4.82. The molecule has 1 aromatic carbocycles. The van der Waals surface area contributed by atoms with Crippen LogP contribution in [0.3, 0.4) is 0 Å². The number of carbonyl (C=O) groups excluding carboxylic acids is 1. The van der Waals surface area contributed by atoms with E-state index in [1.54, 1.807) is 13.0 Å². The number of aryl methyl sites for hydroxylation is 1. The maximum Gasteiger partial charge on any atom is 0.339 e. The molecule has 0 radical (unpaired) electrons. The van der Waals surface area contributed by atoms with Crippen LogP contribution in [0.5, 0.6) is 5.75 Å². The molecule has 1 fully saturated rings. The lowest BCUT2D eigenvalue weighted by Crippen LogP contribution is -2.47. The maximum absolute atomic E-state index is 12.8. The van der Waals surface area contributed by atoms with Crippen LogP contribution in [0.4, 0.5) is 0 Å². The summed E-state index contributed by atoms with van der Waals surface area (Å²) in [4.78, 5) is 27.0. The molecule has 2 heterocycles. The molecule has 1 aliphatic heterocycles. The summed E-state index contributed by atoms with van der Waals surface area (Å²) in [5, 5.41) is 11.2. The SMILES string of the molecule is CC(Oc1ccc2c3c(c(=O)oc2c1)CCCC3)C(=O)N1CCC(C(C)(C)O)CC1. The molecule has 30 heavy (non-hydrogen) atoms. The van der Waals surface area contributed by atoms with E-state index in [1.165, 1.54) is 0 Å². The summed E-state index contributed by atoms with van der Waals surface area (Å²) >= 11 is 0. The van der Waals surface area contributed by atoms with Crippen LogP contribution in [0.2, 0.25) is 0 Å². The first kappa shape index (κ1) is 20.9. The molecule has 6 heteroatoms. The molecule has 1 saturated heterocycles. The Morgan fingerprint density at radius 2 is 1.87 bits per heavy atom. The Labute approximate surface area is 176 Å². The number of benzene rings is 1. The summed E-state index contributed by atoms with van der Waals surface area (Å²) in [7, 11) is 0. The predicted molar refractivity (Wildman–Crippen MR) is 115 cm³/mol. The number of ether oxygens (including phenoxy) is 1. The van der Waals surface area contributed by atoms with Crippen molar-refractivity contribution in [2.75, 3.05) is 13.1 Å². The largest absolute Gasteiger partial charge is 0.481 e. The van der Waals surface area contributed by atoms with Crippen molar-refractivity contribution in [3.63, 3.8) is 0 Å². The lowest BCUT2D eigenvalue weighted by atomic mass is 9.83. The number of aliphatic hydroxyl groups is 1. The van der Waals surface area contributed by atoms with E-state index in [0.717, 1.165) is 55.0 Å². The summed E-state index contributed by atoms with van der Waals surface area (Å²) in [6.45, 7) is 6.66. The zero-order valence-corrected chi connectivity index (χ0v) is 18.1. The van der Waals surface area contributed by atoms with Gasteiger partial charge in [-0.1, -0.05) is 0 Å². The Hall–Kier alpha value is -2.34. The first-order valence-corrected chi connectivity index (χ1v) is 11.0. The minimum atomic E-state index is -0.717. The lowest BCUT2D eigenvalue weighted by molar-refractivity contribution is -0.140. The number of piperidine rings is 1. The highest BCUT2D eigenvalue weighted by atomic mass is 16.5. The Morgan fingerprint density at radius 3 is 2.53 bits per heavy atom. The third-order valence-corrected chi connectivity index (χ3v) is 6.66. The van der Waals surface area contributed by atoms with Gasteiger partial charge in [0, 0.05) is 30.1 Å². The van der Waals surface area contributed by atoms with Crippen molar-refractivity contribution in [2.24, 2.45) is 5.92 Å². The van der Waals surface area contributed by atoms with Crippen LogP contribution in [0, 0.1) is 5.92 Å². The van der Waals surface area contributed by atoms with Gasteiger partial charge in [0.2, 0.25) is 0 Å². The molecule has 0 spiro atoms. The zero-order valence-electron chi connectivity index (χ0n) is 18.1. The molecule has 1 unspecified atom stereocenters. The number of rotatable bonds is 4. The summed E-state index contributed by atoms with van der Waals surface area (Å²) < 4.78 is 11.5. The number of amides is 1. The highest BCUT2D eigenvalue weighted by Crippen LogP contribution is 2.30. The molecular weight excluding hydrogens is 382 g/mol. The van der Waals surface area contributed by atoms with Crippen molar-refractivity contribution >= 4 is 16.9 Å². The Bertz CT molecular complexity index is 995. The molecule has 162 valence electrons. The second-order valence-corrected chi connectivity index (χ2v) is 9.23. The molecule has 1 N–H and O–H groups in total. The average Bonchev–Trinajstić information content (AvgIpc) is 2.72. The van der Waals surface area contributed by atoms with E-state index in [2.05, 4.69) is 0 Å². The van der Waals surface area contributed by atoms with Gasteiger partial charge in [0.15, 0.2) is 6.10 Å². The molecule has 6 nitrogen and oxygen atoms in total. The zero-order chi connectivity index (χ0) is 21.5. The van der Waals surface area contributed by atoms with Gasteiger partial charge in [-0.3, -0.25) is 4.79 Å². The van der Waals surface area contributed by atoms with E-state index in [-0.39, 0.29) is 17.5 Å². The van der Waals surface area contributed by atoms with Crippen LogP contribution in [-0.2, 0) is 17.6 Å². The molecule has 1 amide bonds. The van der Waals surface area contributed by atoms with Gasteiger partial charge in [0.1, 0.15) is 11.3 Å². The monoisotopic (exact) mass is 413 g/mol. The quantitative estimate of drug-likeness (QED) is 0.777. The first-order valence-electron chi connectivity index (χ1n) is 11.0. The van der Waals surface area contributed by atoms with Crippen LogP contribution in [0.1, 0.15) is 57.6 Å². The van der Waals surface area contributed by atoms with Crippen molar-refractivity contribution in [3.8, 4) is 5.75 Å². The molecule has 1 atom stereocenters. The lowest BCUT2D eigenvalue weighted by Gasteiger charge is -2.38. The van der Waals surface area contributed by atoms with E-state index in [1.807, 2.05) is 30.9 Å². The standard InChI is InChI=1S/C24H31NO5/c1-15(22(26)25-12-10-16(11-13-25)24(2,3)28)29-17-8-9-19-18-6-4-5-7-20(18)23(27)30-21(19)14-17/h8-9,14-16,28H,4-7,10-13H2,1-3H3. The Balaban J connectivity index is 1.46. The second-order valence-electron chi connectivity index (χ2n) is 9.23. The van der Waals surface area contributed by atoms with Crippen LogP contribution in [-0.4, -0.2) is 40.7 Å². The topological polar surface area (TPSA) is 80.0 Å². The van der Waals surface area contributed by atoms with Crippen molar-refractivity contribution < 1.29 is 19.1 Å². The molecule has 0 bridgehead atoms. The predicted octanol–water partition coefficient (Wildman–Crippen LogP) is 3.45. The van der Waals surface area contributed by atoms with E-state index in [4.69, 9.17) is 9.15 Å². The van der Waals surface area contributed by atoms with E-state index in [9.17, 15) is 14.7 Å². The van der Waals surface area contributed by atoms with Gasteiger partial charge in [-0.25, -0.2) is 4.79 Å². The molecular formula is C24H31NO5. The molecule has 1 aromatic heterocycles. The van der Waals surface area contributed by atoms with Crippen LogP contribution in [0.25, 0.3) is 11.0 Å². The van der Waals surface area contributed by atoms with E-state index < -0.39 is 11.7 Å². The van der Waals surface area contributed by atoms with Gasteiger partial charge in [-0.15, -0.1) is 0 Å². The van der Waals surface area contributed by atoms with Gasteiger partial charge >= 0.3 is 5.63 Å². The number of likely N-dealkylation sites (tertiary alicyclic amines) is 1. The minimum Gasteiger partial charge on any atom is -0.481 e. The molecule has 0 saturated carbocycles. The van der Waals surface area contributed by atoms with Crippen molar-refractivity contribution in [1.82, 2.24) is 4.90 Å². The number of nitrogens with zero attached hydrogens (tertiary/aromatic N) is 1. The highest BCUT2D eigenvalue weighted by molar-refractivity contribution is 5.84. The third kappa shape index (κ3) is 4.10. The average molecular weight is 414 g/mol. The molecule has 4 rings (SSSR count). The summed E-state index contributed by atoms with van der Waals surface area (Å²) in [6, 6.07) is 5.50. The van der Waals surface area contributed by atoms with Gasteiger partial charge in [-0.2, -0.15) is 0 Å². The molecule has 2 aromatic rings. The fraction of sp³-hybridized carbons (Fsp3) is 0.583. The number of fused-ring (bicyclic) bond motifs is 3. The fourth-order valence-electron chi connectivity index (χ4n) is 4.82. The smallest absolute Gasteiger partial charge is 0.339 e. The van der Waals surface area contributed by atoms with Crippen LogP contribution < -0.4 is 10.4 Å². The number of carbonyl (C=O) groups is 1. The van der Waals surface area contributed by atoms with Crippen LogP contribution in [0.15, 0.2) is 27.4 Å². The number of hydrogen-bond acceptors (Lipinski definition) is 5. The van der Waals surface area contributed by atoms with Crippen LogP contribution >= 0.6 is 0 Å². The third-order valence-electron chi connectivity index (χ3n) is 6.66. The van der Waals surface area contributed by atoms with Gasteiger partial charge in [0.05, 0.1) is 5.60 Å². The highest BCUT2D eigenvalue weighted by Gasteiger charge is 2.33. The molecule has 1 aliphatic carbocycles. The van der Waals surface area contributed by atoms with Crippen molar-refractivity contribution in [1.29, 1.82) is 0 Å². The van der Waals surface area contributed by atoms with Gasteiger partial charge < -0.3 is 19.2 Å². The summed E-state index contributed by atoms with van der Waals surface area (Å²) in [5.41, 5.74) is 1.45. The van der Waals surface area contributed by atoms with E-state index >= 15 is 0 Å². The summed E-state index contributed by atoms with van der Waals surface area (Å²) in [5.74, 6) is 0.664. The Morgan fingerprint density at radius 1 is 1.20 bits per heavy atom. The van der Waals surface area contributed by atoms with E-state index in [0.29, 0.717) is 24.4 Å². The molecule has 2 aliphatic rings. The maximum atomic E-state index is 12.8. The van der Waals surface area contributed by atoms with Crippen molar-refractivity contribution in [2.45, 2.75) is 71.0 Å². The first-order chi connectivity index (χ1) is 14.2. The number of hydrogen-bond donors (Lipinski definition) is 1. The van der Waals surface area contributed by atoms with Gasteiger partial charge in [0.25, 0.3) is 5.91 Å². The minimum absolute atomic E-state index is 0.0591. The van der Waals surface area contributed by atoms with Crippen molar-refractivity contribution in [3.05, 3.63) is 39.7 Å². The summed E-state index contributed by atoms with van der Waals surface area (Å²) in [6.07, 6.45) is 4.72. The van der Waals surface area contributed by atoms with Gasteiger partial charge in [-0.05, 0) is 82.9 Å².